The van der Waals surface area contributed by atoms with Gasteiger partial charge in [0, 0.05) is 50.4 Å². The monoisotopic (exact) mass is 664 g/mol. The van der Waals surface area contributed by atoms with Gasteiger partial charge in [0.05, 0.1) is 48.1 Å². The minimum absolute atomic E-state index is 0.00650. The summed E-state index contributed by atoms with van der Waals surface area (Å²) in [6.45, 7) is 15.3. The molecule has 0 bridgehead atoms. The van der Waals surface area contributed by atoms with Crippen LogP contribution in [0.5, 0.6) is 0 Å². The molecule has 0 spiro atoms. The van der Waals surface area contributed by atoms with Crippen LogP contribution in [0.2, 0.25) is 0 Å². The summed E-state index contributed by atoms with van der Waals surface area (Å²) in [5, 5.41) is 42.2. The molecule has 2 unspecified atom stereocenters. The van der Waals surface area contributed by atoms with Crippen molar-refractivity contribution in [2.75, 3.05) is 33.3 Å². The third-order valence-electron chi connectivity index (χ3n) is 10.2. The number of cyclic esters (lactones) is 1. The minimum atomic E-state index is -1.15. The quantitative estimate of drug-likeness (QED) is 0.110. The molecule has 3 heterocycles. The summed E-state index contributed by atoms with van der Waals surface area (Å²) < 4.78 is 18.1. The van der Waals surface area contributed by atoms with E-state index in [0.29, 0.717) is 51.9 Å². The Hall–Kier alpha value is -2.28. The number of esters is 1. The number of aliphatic hydroxyl groups excluding tert-OH is 2. The lowest BCUT2D eigenvalue weighted by Gasteiger charge is -2.48. The van der Waals surface area contributed by atoms with Gasteiger partial charge in [-0.15, -0.1) is 0 Å². The van der Waals surface area contributed by atoms with Crippen LogP contribution in [0.15, 0.2) is 36.0 Å². The van der Waals surface area contributed by atoms with Crippen LogP contribution in [-0.4, -0.2) is 123 Å². The van der Waals surface area contributed by atoms with E-state index >= 15 is 0 Å². The standard InChI is InChI=1S/C36H60N2O9/c1-9-29(40)25(5)33-30(46-33)21-35(6,44)16-11-12-23(3)32-24(4)13-14-27(28-22-37(8)18-19-38(28)34(42)43)36(7,45-10-2)17-15-26(39)20-31(41)47-32/h11-14,16,24-30,32-33,39-40,44H,9-10,15,17-22H2,1-8H3,(H,42,43)/b14-13+,16-11+,23-12+/t24-,25-,26+,27-,28?,29-,30+,32+,33+,35?,36+/m0/s1. The van der Waals surface area contributed by atoms with E-state index in [4.69, 9.17) is 14.2 Å². The lowest BCUT2D eigenvalue weighted by atomic mass is 9.76. The molecule has 3 rings (SSSR count). The van der Waals surface area contributed by atoms with E-state index in [1.165, 1.54) is 4.90 Å². The second-order valence-corrected chi connectivity index (χ2v) is 14.4. The van der Waals surface area contributed by atoms with Crippen molar-refractivity contribution >= 4 is 12.1 Å². The lowest BCUT2D eigenvalue weighted by molar-refractivity contribution is -0.151. The Bertz CT molecular complexity index is 1140. The summed E-state index contributed by atoms with van der Waals surface area (Å²) in [5.41, 5.74) is -1.19. The summed E-state index contributed by atoms with van der Waals surface area (Å²) in [5.74, 6) is -1.14. The molecule has 11 heteroatoms. The van der Waals surface area contributed by atoms with Crippen molar-refractivity contribution in [3.05, 3.63) is 36.0 Å². The third kappa shape index (κ3) is 10.9. The number of epoxide rings is 1. The number of carbonyl (C=O) groups excluding carboxylic acids is 1. The highest BCUT2D eigenvalue weighted by Gasteiger charge is 2.47. The van der Waals surface area contributed by atoms with E-state index in [2.05, 4.69) is 4.90 Å². The van der Waals surface area contributed by atoms with Gasteiger partial charge in [0.15, 0.2) is 0 Å². The fourth-order valence-corrected chi connectivity index (χ4v) is 7.20. The number of nitrogens with zero attached hydrogens (tertiary/aromatic N) is 2. The van der Waals surface area contributed by atoms with Crippen molar-refractivity contribution in [2.45, 2.75) is 128 Å². The van der Waals surface area contributed by atoms with Crippen molar-refractivity contribution in [1.82, 2.24) is 9.80 Å². The van der Waals surface area contributed by atoms with Crippen molar-refractivity contribution in [2.24, 2.45) is 17.8 Å². The Morgan fingerprint density at radius 1 is 1.28 bits per heavy atom. The molecule has 268 valence electrons. The number of hydrogen-bond donors (Lipinski definition) is 4. The Morgan fingerprint density at radius 2 is 1.98 bits per heavy atom. The Balaban J connectivity index is 1.88. The first kappa shape index (κ1) is 39.2. The fourth-order valence-electron chi connectivity index (χ4n) is 7.20. The molecule has 0 saturated carbocycles. The van der Waals surface area contributed by atoms with Crippen LogP contribution in [-0.2, 0) is 19.0 Å². The normalized spacial score (nSPS) is 36.5. The van der Waals surface area contributed by atoms with E-state index in [9.17, 15) is 30.0 Å². The number of allylic oxidation sites excluding steroid dienone is 2. The van der Waals surface area contributed by atoms with Gasteiger partial charge in [-0.05, 0) is 59.6 Å². The zero-order valence-corrected chi connectivity index (χ0v) is 29.7. The van der Waals surface area contributed by atoms with Crippen molar-refractivity contribution in [3.63, 3.8) is 0 Å². The molecule has 0 aliphatic carbocycles. The van der Waals surface area contributed by atoms with E-state index in [1.54, 1.807) is 19.1 Å². The lowest BCUT2D eigenvalue weighted by Crippen LogP contribution is -2.60. The number of ether oxygens (including phenoxy) is 3. The maximum atomic E-state index is 13.0. The van der Waals surface area contributed by atoms with Crippen LogP contribution >= 0.6 is 0 Å². The van der Waals surface area contributed by atoms with E-state index < -0.39 is 41.6 Å². The number of hydrogen-bond acceptors (Lipinski definition) is 9. The van der Waals surface area contributed by atoms with Gasteiger partial charge in [-0.2, -0.15) is 0 Å². The van der Waals surface area contributed by atoms with Crippen molar-refractivity contribution in [3.8, 4) is 0 Å². The largest absolute Gasteiger partial charge is 0.465 e. The van der Waals surface area contributed by atoms with Crippen molar-refractivity contribution in [1.29, 1.82) is 0 Å². The molecule has 3 aliphatic rings. The van der Waals surface area contributed by atoms with Gasteiger partial charge in [-0.25, -0.2) is 4.79 Å². The molecule has 11 nitrogen and oxygen atoms in total. The number of likely N-dealkylation sites (N-methyl/N-ethyl adjacent to an activating group) is 1. The topological polar surface area (TPSA) is 153 Å². The Morgan fingerprint density at radius 3 is 2.62 bits per heavy atom. The van der Waals surface area contributed by atoms with Gasteiger partial charge in [0.1, 0.15) is 6.10 Å². The highest BCUT2D eigenvalue weighted by molar-refractivity contribution is 5.70. The summed E-state index contributed by atoms with van der Waals surface area (Å²) in [6, 6.07) is -0.377. The summed E-state index contributed by atoms with van der Waals surface area (Å²) in [4.78, 5) is 29.0. The Labute approximate surface area is 281 Å². The maximum absolute atomic E-state index is 13.0. The number of aliphatic hydroxyl groups is 3. The molecule has 2 saturated heterocycles. The maximum Gasteiger partial charge on any atom is 0.407 e. The average Bonchev–Trinajstić information content (AvgIpc) is 3.75. The summed E-state index contributed by atoms with van der Waals surface area (Å²) >= 11 is 0. The molecule has 0 radical (unpaired) electrons. The fraction of sp³-hybridized carbons (Fsp3) is 0.778. The molecule has 4 N–H and O–H groups in total. The first-order valence-corrected chi connectivity index (χ1v) is 17.3. The van der Waals surface area contributed by atoms with Crippen molar-refractivity contribution < 1.29 is 44.2 Å². The van der Waals surface area contributed by atoms with Crippen LogP contribution in [0.4, 0.5) is 4.79 Å². The molecule has 11 atom stereocenters. The van der Waals surface area contributed by atoms with Crippen LogP contribution in [0, 0.1) is 17.8 Å². The molecular formula is C36H60N2O9. The molecule has 0 aromatic heterocycles. The Kier molecular flexibility index (Phi) is 14.1. The summed E-state index contributed by atoms with van der Waals surface area (Å²) in [6.07, 6.45) is 7.65. The highest BCUT2D eigenvalue weighted by Crippen LogP contribution is 2.38. The number of carbonyl (C=O) groups is 2. The first-order chi connectivity index (χ1) is 22.0. The molecular weight excluding hydrogens is 604 g/mol. The highest BCUT2D eigenvalue weighted by atomic mass is 16.6. The van der Waals surface area contributed by atoms with Gasteiger partial charge in [-0.3, -0.25) is 4.79 Å². The predicted octanol–water partition coefficient (Wildman–Crippen LogP) is 4.16. The van der Waals surface area contributed by atoms with Gasteiger partial charge >= 0.3 is 12.1 Å². The number of carboxylic acid groups (broad SMARTS) is 1. The average molecular weight is 665 g/mol. The molecule has 47 heavy (non-hydrogen) atoms. The van der Waals surface area contributed by atoms with Crippen LogP contribution < -0.4 is 0 Å². The molecule has 1 amide bonds. The van der Waals surface area contributed by atoms with Gasteiger partial charge < -0.3 is 44.4 Å². The van der Waals surface area contributed by atoms with Gasteiger partial charge in [0.2, 0.25) is 0 Å². The van der Waals surface area contributed by atoms with Crippen LogP contribution in [0.1, 0.15) is 80.6 Å². The first-order valence-electron chi connectivity index (χ1n) is 17.3. The number of rotatable bonds is 11. The van der Waals surface area contributed by atoms with E-state index in [-0.39, 0.29) is 42.4 Å². The zero-order valence-electron chi connectivity index (χ0n) is 29.7. The zero-order chi connectivity index (χ0) is 35.1. The van der Waals surface area contributed by atoms with E-state index in [1.807, 2.05) is 66.8 Å². The number of amides is 1. The minimum Gasteiger partial charge on any atom is -0.465 e. The van der Waals surface area contributed by atoms with Gasteiger partial charge in [-0.1, -0.05) is 51.2 Å². The summed E-state index contributed by atoms with van der Waals surface area (Å²) in [7, 11) is 1.98. The molecule has 2 fully saturated rings. The SMILES string of the molecule is CCO[C@]1(C)CC[C@@H](O)CC(=O)O[C@H](/C(C)=C/C=C/C(C)(O)C[C@H]2O[C@@H]2[C@@H](C)[C@@H](O)CC)[C@@H](C)/C=C/[C@H]1C1CN(C)CCN1C(=O)O. The van der Waals surface area contributed by atoms with Gasteiger partial charge in [0.25, 0.3) is 0 Å². The third-order valence-corrected chi connectivity index (χ3v) is 10.2. The predicted molar refractivity (Wildman–Crippen MR) is 180 cm³/mol. The number of piperazine rings is 1. The van der Waals surface area contributed by atoms with Crippen LogP contribution in [0.3, 0.4) is 0 Å². The second-order valence-electron chi connectivity index (χ2n) is 14.4. The molecule has 0 aromatic carbocycles. The van der Waals surface area contributed by atoms with E-state index in [0.717, 1.165) is 5.57 Å². The smallest absolute Gasteiger partial charge is 0.407 e. The van der Waals surface area contributed by atoms with Crippen LogP contribution in [0.25, 0.3) is 0 Å². The molecule has 3 aliphatic heterocycles. The molecule has 0 aromatic rings. The second kappa shape index (κ2) is 16.9.